The number of carbonyl (C=O) groups excluding carboxylic acids is 1. The second-order valence-electron chi connectivity index (χ2n) is 2.58. The van der Waals surface area contributed by atoms with Crippen molar-refractivity contribution in [1.29, 1.82) is 0 Å². The quantitative estimate of drug-likeness (QED) is 0.740. The van der Waals surface area contributed by atoms with Crippen molar-refractivity contribution in [3.8, 4) is 0 Å². The van der Waals surface area contributed by atoms with Crippen LogP contribution in [-0.2, 0) is 0 Å². The van der Waals surface area contributed by atoms with Gasteiger partial charge >= 0.3 is 0 Å². The van der Waals surface area contributed by atoms with E-state index in [-0.39, 0.29) is 12.5 Å². The molecule has 0 aliphatic carbocycles. The van der Waals surface area contributed by atoms with E-state index in [2.05, 4.69) is 17.5 Å². The van der Waals surface area contributed by atoms with E-state index >= 15 is 0 Å². The van der Waals surface area contributed by atoms with Crippen LogP contribution in [0.4, 0.5) is 0 Å². The summed E-state index contributed by atoms with van der Waals surface area (Å²) in [6.07, 6.45) is 0. The molecular formula is C8H10N2OS2. The van der Waals surface area contributed by atoms with Gasteiger partial charge in [-0.2, -0.15) is 0 Å². The van der Waals surface area contributed by atoms with Crippen molar-refractivity contribution in [3.63, 3.8) is 0 Å². The molecule has 0 fully saturated rings. The second-order valence-corrected chi connectivity index (χ2v) is 4.02. The zero-order valence-corrected chi connectivity index (χ0v) is 8.80. The van der Waals surface area contributed by atoms with Gasteiger partial charge in [0, 0.05) is 0 Å². The maximum absolute atomic E-state index is 11.4. The van der Waals surface area contributed by atoms with E-state index in [9.17, 15) is 4.79 Å². The lowest BCUT2D eigenvalue weighted by molar-refractivity contribution is 0.0963. The highest BCUT2D eigenvalue weighted by molar-refractivity contribution is 7.80. The summed E-state index contributed by atoms with van der Waals surface area (Å²) in [6, 6.07) is 1.90. The fraction of sp³-hybridized carbons (Fsp3) is 0.250. The average molecular weight is 214 g/mol. The molecule has 5 heteroatoms. The summed E-state index contributed by atoms with van der Waals surface area (Å²) in [5.74, 6) is -0.111. The maximum Gasteiger partial charge on any atom is 0.261 e. The van der Waals surface area contributed by atoms with Gasteiger partial charge in [-0.25, -0.2) is 0 Å². The zero-order valence-electron chi connectivity index (χ0n) is 7.16. The van der Waals surface area contributed by atoms with Gasteiger partial charge in [0.05, 0.1) is 16.4 Å². The largest absolute Gasteiger partial charge is 0.392 e. The fourth-order valence-corrected chi connectivity index (χ4v) is 1.77. The van der Waals surface area contributed by atoms with Crippen molar-refractivity contribution in [2.75, 3.05) is 6.54 Å². The lowest BCUT2D eigenvalue weighted by atomic mass is 10.3. The van der Waals surface area contributed by atoms with Crippen LogP contribution in [0.3, 0.4) is 0 Å². The number of thiocarbonyl (C=S) groups is 1. The average Bonchev–Trinajstić information content (AvgIpc) is 2.47. The molecular weight excluding hydrogens is 204 g/mol. The van der Waals surface area contributed by atoms with Crippen LogP contribution in [0.1, 0.15) is 15.2 Å². The zero-order chi connectivity index (χ0) is 9.84. The molecule has 1 rings (SSSR count). The molecule has 1 heterocycles. The monoisotopic (exact) mass is 214 g/mol. The Morgan fingerprint density at radius 1 is 1.77 bits per heavy atom. The molecule has 0 spiro atoms. The highest BCUT2D eigenvalue weighted by atomic mass is 32.1. The molecule has 0 saturated carbocycles. The van der Waals surface area contributed by atoms with Gasteiger partial charge in [0.25, 0.3) is 5.91 Å². The topological polar surface area (TPSA) is 55.1 Å². The first-order chi connectivity index (χ1) is 6.11. The molecule has 70 valence electrons. The Morgan fingerprint density at radius 3 is 2.92 bits per heavy atom. The minimum Gasteiger partial charge on any atom is -0.392 e. The number of carbonyl (C=O) groups is 1. The normalized spacial score (nSPS) is 9.62. The summed E-state index contributed by atoms with van der Waals surface area (Å²) in [7, 11) is 0. The molecule has 1 aromatic rings. The fourth-order valence-electron chi connectivity index (χ4n) is 0.853. The highest BCUT2D eigenvalue weighted by Crippen LogP contribution is 2.14. The van der Waals surface area contributed by atoms with Gasteiger partial charge in [-0.1, -0.05) is 12.2 Å². The predicted octanol–water partition coefficient (Wildman–Crippen LogP) is 1.07. The Bertz CT molecular complexity index is 333. The third-order valence-electron chi connectivity index (χ3n) is 1.49. The van der Waals surface area contributed by atoms with Crippen molar-refractivity contribution >= 4 is 34.5 Å². The predicted molar refractivity (Wildman–Crippen MR) is 58.2 cm³/mol. The number of aryl methyl sites for hydroxylation is 1. The SMILES string of the molecule is Cc1ccsc1C(=O)NCC(N)=S. The van der Waals surface area contributed by atoms with Crippen LogP contribution in [0.15, 0.2) is 11.4 Å². The van der Waals surface area contributed by atoms with Gasteiger partial charge in [-0.15, -0.1) is 11.3 Å². The number of rotatable bonds is 3. The van der Waals surface area contributed by atoms with Crippen molar-refractivity contribution in [2.45, 2.75) is 6.92 Å². The van der Waals surface area contributed by atoms with E-state index in [1.165, 1.54) is 11.3 Å². The molecule has 0 unspecified atom stereocenters. The van der Waals surface area contributed by atoms with Gasteiger partial charge in [-0.3, -0.25) is 4.79 Å². The van der Waals surface area contributed by atoms with Crippen LogP contribution in [0.25, 0.3) is 0 Å². The summed E-state index contributed by atoms with van der Waals surface area (Å²) in [6.45, 7) is 2.15. The van der Waals surface area contributed by atoms with E-state index in [4.69, 9.17) is 5.73 Å². The molecule has 3 nitrogen and oxygen atoms in total. The molecule has 0 radical (unpaired) electrons. The minimum absolute atomic E-state index is 0.111. The van der Waals surface area contributed by atoms with Crippen LogP contribution in [-0.4, -0.2) is 17.4 Å². The number of amides is 1. The molecule has 0 aliphatic rings. The van der Waals surface area contributed by atoms with Crippen LogP contribution in [0.2, 0.25) is 0 Å². The van der Waals surface area contributed by atoms with Crippen LogP contribution >= 0.6 is 23.6 Å². The Balaban J connectivity index is 2.59. The number of nitrogens with one attached hydrogen (secondary N) is 1. The van der Waals surface area contributed by atoms with E-state index in [0.717, 1.165) is 10.4 Å². The lowest BCUT2D eigenvalue weighted by Gasteiger charge is -2.01. The Hall–Kier alpha value is -0.940. The Labute approximate surface area is 85.9 Å². The molecule has 0 atom stereocenters. The Kier molecular flexibility index (Phi) is 3.39. The highest BCUT2D eigenvalue weighted by Gasteiger charge is 2.09. The maximum atomic E-state index is 11.4. The lowest BCUT2D eigenvalue weighted by Crippen LogP contribution is -2.32. The molecule has 0 saturated heterocycles. The number of thiophene rings is 1. The van der Waals surface area contributed by atoms with Crippen molar-refractivity contribution in [2.24, 2.45) is 5.73 Å². The van der Waals surface area contributed by atoms with Crippen LogP contribution < -0.4 is 11.1 Å². The molecule has 13 heavy (non-hydrogen) atoms. The summed E-state index contributed by atoms with van der Waals surface area (Å²) < 4.78 is 0. The third-order valence-corrected chi connectivity index (χ3v) is 2.65. The third kappa shape index (κ3) is 2.78. The standard InChI is InChI=1S/C8H10N2OS2/c1-5-2-3-13-7(5)8(11)10-4-6(9)12/h2-3H,4H2,1H3,(H2,9,12)(H,10,11). The molecule has 3 N–H and O–H groups in total. The first kappa shape index (κ1) is 10.1. The smallest absolute Gasteiger partial charge is 0.261 e. The first-order valence-electron chi connectivity index (χ1n) is 3.72. The number of hydrogen-bond donors (Lipinski definition) is 2. The first-order valence-corrected chi connectivity index (χ1v) is 5.00. The molecule has 0 bridgehead atoms. The molecule has 1 amide bonds. The van der Waals surface area contributed by atoms with Gasteiger partial charge in [0.2, 0.25) is 0 Å². The molecule has 0 aliphatic heterocycles. The van der Waals surface area contributed by atoms with Crippen LogP contribution in [0.5, 0.6) is 0 Å². The summed E-state index contributed by atoms with van der Waals surface area (Å²) in [5, 5.41) is 4.51. The van der Waals surface area contributed by atoms with Crippen molar-refractivity contribution in [3.05, 3.63) is 21.9 Å². The van der Waals surface area contributed by atoms with Crippen molar-refractivity contribution in [1.82, 2.24) is 5.32 Å². The van der Waals surface area contributed by atoms with E-state index in [1.807, 2.05) is 18.4 Å². The summed E-state index contributed by atoms with van der Waals surface area (Å²) >= 11 is 6.06. The summed E-state index contributed by atoms with van der Waals surface area (Å²) in [4.78, 5) is 12.4. The van der Waals surface area contributed by atoms with E-state index in [1.54, 1.807) is 0 Å². The van der Waals surface area contributed by atoms with Gasteiger partial charge in [0.1, 0.15) is 0 Å². The molecule has 0 aromatic carbocycles. The summed E-state index contributed by atoms with van der Waals surface area (Å²) in [5.41, 5.74) is 6.23. The Morgan fingerprint density at radius 2 is 2.46 bits per heavy atom. The number of nitrogens with two attached hydrogens (primary N) is 1. The molecule has 1 aromatic heterocycles. The van der Waals surface area contributed by atoms with E-state index in [0.29, 0.717) is 4.99 Å². The van der Waals surface area contributed by atoms with Crippen molar-refractivity contribution < 1.29 is 4.79 Å². The van der Waals surface area contributed by atoms with Crippen LogP contribution in [0, 0.1) is 6.92 Å². The van der Waals surface area contributed by atoms with Gasteiger partial charge in [-0.05, 0) is 23.9 Å². The number of hydrogen-bond acceptors (Lipinski definition) is 3. The van der Waals surface area contributed by atoms with Gasteiger partial charge in [0.15, 0.2) is 0 Å². The minimum atomic E-state index is -0.111. The van der Waals surface area contributed by atoms with E-state index < -0.39 is 0 Å². The second kappa shape index (κ2) is 4.34. The van der Waals surface area contributed by atoms with Gasteiger partial charge < -0.3 is 11.1 Å².